The molecule has 0 atom stereocenters. The zero-order valence-electron chi connectivity index (χ0n) is 13.9. The highest BCUT2D eigenvalue weighted by Crippen LogP contribution is 2.33. The number of anilines is 1. The van der Waals surface area contributed by atoms with Crippen LogP contribution < -0.4 is 4.90 Å². The first-order valence-electron chi connectivity index (χ1n) is 8.19. The van der Waals surface area contributed by atoms with Crippen LogP contribution in [0.4, 0.5) is 5.69 Å². The smallest absolute Gasteiger partial charge is 0.231 e. The van der Waals surface area contributed by atoms with Crippen LogP contribution >= 0.6 is 0 Å². The number of hydrogen-bond acceptors (Lipinski definition) is 3. The van der Waals surface area contributed by atoms with E-state index in [0.717, 1.165) is 45.1 Å². The van der Waals surface area contributed by atoms with Gasteiger partial charge in [0, 0.05) is 31.9 Å². The SMILES string of the molecule is CC(C)(C)c1ccc2c(c1)CC(=O)N2CCN1CCOCC1. The minimum Gasteiger partial charge on any atom is -0.379 e. The molecule has 4 nitrogen and oxygen atoms in total. The van der Waals surface area contributed by atoms with Gasteiger partial charge in [-0.1, -0.05) is 32.9 Å². The molecule has 0 unspecified atom stereocenters. The highest BCUT2D eigenvalue weighted by Gasteiger charge is 2.29. The van der Waals surface area contributed by atoms with Gasteiger partial charge in [-0.25, -0.2) is 0 Å². The van der Waals surface area contributed by atoms with E-state index in [4.69, 9.17) is 4.74 Å². The van der Waals surface area contributed by atoms with Gasteiger partial charge in [-0.05, 0) is 22.6 Å². The highest BCUT2D eigenvalue weighted by molar-refractivity contribution is 6.01. The van der Waals surface area contributed by atoms with E-state index in [-0.39, 0.29) is 11.3 Å². The predicted octanol–water partition coefficient (Wildman–Crippen LogP) is 2.21. The standard InChI is InChI=1S/C18H26N2O2/c1-18(2,3)15-4-5-16-14(12-15)13-17(21)20(16)7-6-19-8-10-22-11-9-19/h4-5,12H,6-11,13H2,1-3H3. The maximum absolute atomic E-state index is 12.3. The molecule has 4 heteroatoms. The molecule has 2 heterocycles. The monoisotopic (exact) mass is 302 g/mol. The average Bonchev–Trinajstić information content (AvgIpc) is 2.80. The quantitative estimate of drug-likeness (QED) is 0.858. The van der Waals surface area contributed by atoms with Gasteiger partial charge in [-0.2, -0.15) is 0 Å². The van der Waals surface area contributed by atoms with Gasteiger partial charge in [0.15, 0.2) is 0 Å². The summed E-state index contributed by atoms with van der Waals surface area (Å²) in [6.07, 6.45) is 0.544. The largest absolute Gasteiger partial charge is 0.379 e. The Hall–Kier alpha value is -1.39. The van der Waals surface area contributed by atoms with Gasteiger partial charge in [0.25, 0.3) is 0 Å². The average molecular weight is 302 g/mol. The Labute approximate surface area is 133 Å². The molecule has 3 rings (SSSR count). The second-order valence-corrected chi connectivity index (χ2v) is 7.27. The van der Waals surface area contributed by atoms with Crippen molar-refractivity contribution in [2.75, 3.05) is 44.3 Å². The number of amides is 1. The summed E-state index contributed by atoms with van der Waals surface area (Å²) in [5, 5.41) is 0. The molecule has 1 saturated heterocycles. The van der Waals surface area contributed by atoms with Gasteiger partial charge >= 0.3 is 0 Å². The molecule has 0 spiro atoms. The molecule has 0 radical (unpaired) electrons. The van der Waals surface area contributed by atoms with Crippen molar-refractivity contribution < 1.29 is 9.53 Å². The van der Waals surface area contributed by atoms with Crippen LogP contribution in [-0.2, 0) is 21.4 Å². The number of morpholine rings is 1. The van der Waals surface area contributed by atoms with E-state index >= 15 is 0 Å². The van der Waals surface area contributed by atoms with Crippen molar-refractivity contribution in [3.05, 3.63) is 29.3 Å². The Morgan fingerprint density at radius 2 is 1.86 bits per heavy atom. The third kappa shape index (κ3) is 3.18. The lowest BCUT2D eigenvalue weighted by Crippen LogP contribution is -2.42. The molecule has 0 N–H and O–H groups in total. The fourth-order valence-corrected chi connectivity index (χ4v) is 3.16. The molecule has 0 saturated carbocycles. The Morgan fingerprint density at radius 1 is 1.14 bits per heavy atom. The zero-order chi connectivity index (χ0) is 15.7. The summed E-state index contributed by atoms with van der Waals surface area (Å²) in [6, 6.07) is 6.50. The Bertz CT molecular complexity index is 557. The van der Waals surface area contributed by atoms with Crippen molar-refractivity contribution in [3.63, 3.8) is 0 Å². The fraction of sp³-hybridized carbons (Fsp3) is 0.611. The summed E-state index contributed by atoms with van der Waals surface area (Å²) in [7, 11) is 0. The molecule has 120 valence electrons. The lowest BCUT2D eigenvalue weighted by molar-refractivity contribution is -0.117. The summed E-state index contributed by atoms with van der Waals surface area (Å²) < 4.78 is 5.37. The van der Waals surface area contributed by atoms with Gasteiger partial charge in [-0.15, -0.1) is 0 Å². The first-order valence-corrected chi connectivity index (χ1v) is 8.19. The van der Waals surface area contributed by atoms with E-state index in [0.29, 0.717) is 6.42 Å². The van der Waals surface area contributed by atoms with Gasteiger partial charge in [0.05, 0.1) is 19.6 Å². The zero-order valence-corrected chi connectivity index (χ0v) is 13.9. The number of carbonyl (C=O) groups excluding carboxylic acids is 1. The van der Waals surface area contributed by atoms with Crippen LogP contribution in [0.15, 0.2) is 18.2 Å². The molecule has 1 aromatic rings. The summed E-state index contributed by atoms with van der Waals surface area (Å²) in [5.74, 6) is 0.231. The van der Waals surface area contributed by atoms with E-state index in [1.807, 2.05) is 4.90 Å². The van der Waals surface area contributed by atoms with Crippen molar-refractivity contribution in [2.45, 2.75) is 32.6 Å². The lowest BCUT2D eigenvalue weighted by Gasteiger charge is -2.29. The van der Waals surface area contributed by atoms with Gasteiger partial charge in [0.2, 0.25) is 5.91 Å². The molecular formula is C18H26N2O2. The van der Waals surface area contributed by atoms with Crippen molar-refractivity contribution in [1.82, 2.24) is 4.90 Å². The molecule has 1 aromatic carbocycles. The number of carbonyl (C=O) groups is 1. The molecule has 1 amide bonds. The molecule has 2 aliphatic rings. The highest BCUT2D eigenvalue weighted by atomic mass is 16.5. The van der Waals surface area contributed by atoms with E-state index in [9.17, 15) is 4.79 Å². The predicted molar refractivity (Wildman–Crippen MR) is 88.5 cm³/mol. The number of rotatable bonds is 3. The van der Waals surface area contributed by atoms with Crippen molar-refractivity contribution in [2.24, 2.45) is 0 Å². The van der Waals surface area contributed by atoms with E-state index < -0.39 is 0 Å². The van der Waals surface area contributed by atoms with Crippen LogP contribution in [0.5, 0.6) is 0 Å². The molecule has 0 aliphatic carbocycles. The van der Waals surface area contributed by atoms with Crippen molar-refractivity contribution >= 4 is 11.6 Å². The maximum atomic E-state index is 12.3. The van der Waals surface area contributed by atoms with Crippen LogP contribution in [0.2, 0.25) is 0 Å². The lowest BCUT2D eigenvalue weighted by atomic mass is 9.86. The number of benzene rings is 1. The molecule has 2 aliphatic heterocycles. The number of ether oxygens (including phenoxy) is 1. The molecule has 0 bridgehead atoms. The normalized spacial score (nSPS) is 19.6. The first-order chi connectivity index (χ1) is 10.4. The maximum Gasteiger partial charge on any atom is 0.231 e. The third-order valence-corrected chi connectivity index (χ3v) is 4.62. The number of nitrogens with zero attached hydrogens (tertiary/aromatic N) is 2. The number of fused-ring (bicyclic) bond motifs is 1. The van der Waals surface area contributed by atoms with Gasteiger partial charge in [0.1, 0.15) is 0 Å². The second kappa shape index (κ2) is 6.01. The second-order valence-electron chi connectivity index (χ2n) is 7.27. The molecule has 22 heavy (non-hydrogen) atoms. The van der Waals surface area contributed by atoms with E-state index in [1.54, 1.807) is 0 Å². The van der Waals surface area contributed by atoms with Crippen LogP contribution in [0, 0.1) is 0 Å². The Balaban J connectivity index is 1.71. The molecule has 0 aromatic heterocycles. The minimum atomic E-state index is 0.124. The van der Waals surface area contributed by atoms with Crippen LogP contribution in [0.25, 0.3) is 0 Å². The summed E-state index contributed by atoms with van der Waals surface area (Å²) in [5.41, 5.74) is 3.71. The first kappa shape index (κ1) is 15.5. The summed E-state index contributed by atoms with van der Waals surface area (Å²) >= 11 is 0. The van der Waals surface area contributed by atoms with E-state index in [2.05, 4.69) is 43.9 Å². The molecule has 1 fully saturated rings. The van der Waals surface area contributed by atoms with Crippen LogP contribution in [0.3, 0.4) is 0 Å². The van der Waals surface area contributed by atoms with Crippen LogP contribution in [0.1, 0.15) is 31.9 Å². The topological polar surface area (TPSA) is 32.8 Å². The third-order valence-electron chi connectivity index (χ3n) is 4.62. The van der Waals surface area contributed by atoms with Crippen molar-refractivity contribution in [1.29, 1.82) is 0 Å². The Morgan fingerprint density at radius 3 is 2.55 bits per heavy atom. The van der Waals surface area contributed by atoms with E-state index in [1.165, 1.54) is 11.1 Å². The molecular weight excluding hydrogens is 276 g/mol. The number of hydrogen-bond donors (Lipinski definition) is 0. The summed E-state index contributed by atoms with van der Waals surface area (Å²) in [4.78, 5) is 16.7. The summed E-state index contributed by atoms with van der Waals surface area (Å²) in [6.45, 7) is 11.9. The fourth-order valence-electron chi connectivity index (χ4n) is 3.16. The van der Waals surface area contributed by atoms with Crippen molar-refractivity contribution in [3.8, 4) is 0 Å². The van der Waals surface area contributed by atoms with Gasteiger partial charge < -0.3 is 9.64 Å². The minimum absolute atomic E-state index is 0.124. The Kier molecular flexibility index (Phi) is 4.24. The van der Waals surface area contributed by atoms with Crippen LogP contribution in [-0.4, -0.2) is 50.2 Å². The van der Waals surface area contributed by atoms with Gasteiger partial charge in [-0.3, -0.25) is 9.69 Å².